The van der Waals surface area contributed by atoms with E-state index in [2.05, 4.69) is 10.3 Å². The number of benzene rings is 1. The third kappa shape index (κ3) is 3.66. The first kappa shape index (κ1) is 17.0. The molecule has 0 unspecified atom stereocenters. The number of aromatic nitrogens is 1. The largest absolute Gasteiger partial charge is 0.477 e. The molecule has 3 rings (SSSR count). The van der Waals surface area contributed by atoms with Crippen LogP contribution in [0.2, 0.25) is 0 Å². The number of rotatable bonds is 4. The third-order valence-corrected chi connectivity index (χ3v) is 4.32. The summed E-state index contributed by atoms with van der Waals surface area (Å²) in [5.41, 5.74) is -0.116. The molecule has 2 aromatic rings. The summed E-state index contributed by atoms with van der Waals surface area (Å²) in [7, 11) is 0. The van der Waals surface area contributed by atoms with Crippen LogP contribution < -0.4 is 5.32 Å². The summed E-state index contributed by atoms with van der Waals surface area (Å²) >= 11 is 0. The van der Waals surface area contributed by atoms with E-state index in [0.717, 1.165) is 0 Å². The van der Waals surface area contributed by atoms with E-state index in [1.807, 2.05) is 0 Å². The minimum atomic E-state index is -1.21. The van der Waals surface area contributed by atoms with Crippen LogP contribution in [0.5, 0.6) is 0 Å². The van der Waals surface area contributed by atoms with Crippen molar-refractivity contribution in [2.75, 3.05) is 13.2 Å². The molecule has 1 saturated heterocycles. The van der Waals surface area contributed by atoms with Crippen LogP contribution in [0.4, 0.5) is 4.39 Å². The molecule has 1 fully saturated rings. The molecule has 25 heavy (non-hydrogen) atoms. The maximum atomic E-state index is 13.7. The van der Waals surface area contributed by atoms with Crippen molar-refractivity contribution in [3.63, 3.8) is 0 Å². The van der Waals surface area contributed by atoms with Crippen LogP contribution in [0.1, 0.15) is 39.3 Å². The first-order valence-corrected chi connectivity index (χ1v) is 7.86. The summed E-state index contributed by atoms with van der Waals surface area (Å²) in [6.45, 7) is 0.876. The second-order valence-electron chi connectivity index (χ2n) is 5.89. The smallest absolute Gasteiger partial charge is 0.354 e. The summed E-state index contributed by atoms with van der Waals surface area (Å²) in [5.74, 6) is -2.02. The predicted octanol–water partition coefficient (Wildman–Crippen LogP) is 2.35. The molecule has 130 valence electrons. The fourth-order valence-electron chi connectivity index (χ4n) is 2.97. The number of hydrogen-bond acceptors (Lipinski definition) is 4. The molecule has 1 aromatic carbocycles. The first-order valence-electron chi connectivity index (χ1n) is 7.86. The Bertz CT molecular complexity index is 803. The number of amides is 1. The fourth-order valence-corrected chi connectivity index (χ4v) is 2.97. The van der Waals surface area contributed by atoms with Crippen LogP contribution in [0.25, 0.3) is 0 Å². The van der Waals surface area contributed by atoms with Gasteiger partial charge in [0.1, 0.15) is 11.5 Å². The molecule has 1 amide bonds. The zero-order valence-electron chi connectivity index (χ0n) is 13.4. The molecule has 0 radical (unpaired) electrons. The molecule has 2 N–H and O–H groups in total. The van der Waals surface area contributed by atoms with E-state index < -0.39 is 17.4 Å². The highest BCUT2D eigenvalue weighted by atomic mass is 19.1. The van der Waals surface area contributed by atoms with Gasteiger partial charge in [-0.25, -0.2) is 14.2 Å². The number of carboxylic acids is 1. The van der Waals surface area contributed by atoms with E-state index >= 15 is 0 Å². The summed E-state index contributed by atoms with van der Waals surface area (Å²) in [6, 6.07) is 8.78. The quantitative estimate of drug-likeness (QED) is 0.889. The molecule has 0 aliphatic carbocycles. The molecule has 7 heteroatoms. The molecule has 6 nitrogen and oxygen atoms in total. The van der Waals surface area contributed by atoms with Gasteiger partial charge in [-0.1, -0.05) is 12.1 Å². The zero-order chi connectivity index (χ0) is 17.9. The molecule has 1 aromatic heterocycles. The van der Waals surface area contributed by atoms with E-state index in [-0.39, 0.29) is 17.1 Å². The van der Waals surface area contributed by atoms with Gasteiger partial charge in [0.15, 0.2) is 0 Å². The average molecular weight is 344 g/mol. The molecule has 1 aliphatic rings. The van der Waals surface area contributed by atoms with Crippen molar-refractivity contribution in [3.05, 3.63) is 65.2 Å². The summed E-state index contributed by atoms with van der Waals surface area (Å²) in [6.07, 6.45) is 2.27. The van der Waals surface area contributed by atoms with Gasteiger partial charge in [0.25, 0.3) is 5.91 Å². The number of ether oxygens (including phenoxy) is 1. The predicted molar refractivity (Wildman–Crippen MR) is 86.8 cm³/mol. The summed E-state index contributed by atoms with van der Waals surface area (Å²) in [5, 5.41) is 12.0. The Kier molecular flexibility index (Phi) is 4.76. The number of carbonyl (C=O) groups is 2. The Morgan fingerprint density at radius 1 is 1.20 bits per heavy atom. The molecule has 1 aliphatic heterocycles. The fraction of sp³-hybridized carbons (Fsp3) is 0.278. The standard InChI is InChI=1S/C18H17FN2O4/c19-14-3-1-2-13(11-14)18(5-8-25-9-6-18)21-16(22)12-4-7-20-15(10-12)17(23)24/h1-4,7,10-11H,5-6,8-9H2,(H,21,22)(H,23,24). The van der Waals surface area contributed by atoms with Crippen LogP contribution in [-0.4, -0.2) is 35.2 Å². The normalized spacial score (nSPS) is 16.2. The topological polar surface area (TPSA) is 88.5 Å². The van der Waals surface area contributed by atoms with Crippen LogP contribution in [0, 0.1) is 5.82 Å². The highest BCUT2D eigenvalue weighted by Gasteiger charge is 2.36. The number of carbonyl (C=O) groups excluding carboxylic acids is 1. The Balaban J connectivity index is 1.92. The van der Waals surface area contributed by atoms with Gasteiger partial charge in [-0.3, -0.25) is 4.79 Å². The van der Waals surface area contributed by atoms with Crippen molar-refractivity contribution in [1.82, 2.24) is 10.3 Å². The molecule has 0 atom stereocenters. The monoisotopic (exact) mass is 344 g/mol. The van der Waals surface area contributed by atoms with Gasteiger partial charge >= 0.3 is 5.97 Å². The molecule has 0 spiro atoms. The number of pyridine rings is 1. The van der Waals surface area contributed by atoms with Crippen molar-refractivity contribution in [2.45, 2.75) is 18.4 Å². The Morgan fingerprint density at radius 2 is 1.96 bits per heavy atom. The molecule has 0 saturated carbocycles. The lowest BCUT2D eigenvalue weighted by Gasteiger charge is -2.38. The summed E-state index contributed by atoms with van der Waals surface area (Å²) < 4.78 is 19.1. The van der Waals surface area contributed by atoms with Crippen molar-refractivity contribution >= 4 is 11.9 Å². The van der Waals surface area contributed by atoms with E-state index in [9.17, 15) is 14.0 Å². The van der Waals surface area contributed by atoms with E-state index in [4.69, 9.17) is 9.84 Å². The minimum Gasteiger partial charge on any atom is -0.477 e. The first-order chi connectivity index (χ1) is 12.0. The molecular weight excluding hydrogens is 327 g/mol. The van der Waals surface area contributed by atoms with Crippen molar-refractivity contribution < 1.29 is 23.8 Å². The van der Waals surface area contributed by atoms with Crippen molar-refractivity contribution in [3.8, 4) is 0 Å². The van der Waals surface area contributed by atoms with Gasteiger partial charge in [-0.2, -0.15) is 0 Å². The van der Waals surface area contributed by atoms with E-state index in [1.54, 1.807) is 12.1 Å². The van der Waals surface area contributed by atoms with Crippen LogP contribution in [0.15, 0.2) is 42.6 Å². The number of halogens is 1. The molecular formula is C18H17FN2O4. The van der Waals surface area contributed by atoms with Gasteiger partial charge in [-0.05, 0) is 42.7 Å². The second kappa shape index (κ2) is 6.98. The van der Waals surface area contributed by atoms with Gasteiger partial charge in [0.05, 0.1) is 5.54 Å². The second-order valence-corrected chi connectivity index (χ2v) is 5.89. The maximum Gasteiger partial charge on any atom is 0.354 e. The molecule has 2 heterocycles. The van der Waals surface area contributed by atoms with Crippen LogP contribution in [0.3, 0.4) is 0 Å². The number of carboxylic acid groups (broad SMARTS) is 1. The number of nitrogens with one attached hydrogen (secondary N) is 1. The summed E-state index contributed by atoms with van der Waals surface area (Å²) in [4.78, 5) is 27.4. The Hall–Kier alpha value is -2.80. The highest BCUT2D eigenvalue weighted by Crippen LogP contribution is 2.33. The Labute approximate surface area is 143 Å². The van der Waals surface area contributed by atoms with E-state index in [1.165, 1.54) is 30.5 Å². The number of hydrogen-bond donors (Lipinski definition) is 2. The minimum absolute atomic E-state index is 0.190. The average Bonchev–Trinajstić information content (AvgIpc) is 2.62. The SMILES string of the molecule is O=C(NC1(c2cccc(F)c2)CCOCC1)c1ccnc(C(=O)O)c1. The lowest BCUT2D eigenvalue weighted by molar-refractivity contribution is 0.0344. The number of aromatic carboxylic acids is 1. The van der Waals surface area contributed by atoms with Gasteiger partial charge in [0, 0.05) is 25.0 Å². The third-order valence-electron chi connectivity index (χ3n) is 4.32. The van der Waals surface area contributed by atoms with E-state index in [0.29, 0.717) is 31.6 Å². The maximum absolute atomic E-state index is 13.7. The van der Waals surface area contributed by atoms with Gasteiger partial charge in [0.2, 0.25) is 0 Å². The zero-order valence-corrected chi connectivity index (χ0v) is 13.4. The Morgan fingerprint density at radius 3 is 2.64 bits per heavy atom. The van der Waals surface area contributed by atoms with Crippen molar-refractivity contribution in [2.24, 2.45) is 0 Å². The van der Waals surface area contributed by atoms with Crippen LogP contribution >= 0.6 is 0 Å². The van der Waals surface area contributed by atoms with Gasteiger partial charge < -0.3 is 15.2 Å². The van der Waals surface area contributed by atoms with Crippen LogP contribution in [-0.2, 0) is 10.3 Å². The lowest BCUT2D eigenvalue weighted by Crippen LogP contribution is -2.49. The lowest BCUT2D eigenvalue weighted by atomic mass is 9.82. The number of nitrogens with zero attached hydrogens (tertiary/aromatic N) is 1. The van der Waals surface area contributed by atoms with Crippen molar-refractivity contribution in [1.29, 1.82) is 0 Å². The van der Waals surface area contributed by atoms with Gasteiger partial charge in [-0.15, -0.1) is 0 Å². The highest BCUT2D eigenvalue weighted by molar-refractivity contribution is 5.97. The molecule has 0 bridgehead atoms.